The van der Waals surface area contributed by atoms with Crippen LogP contribution in [0.1, 0.15) is 49.9 Å². The molecule has 0 N–H and O–H groups in total. The Morgan fingerprint density at radius 3 is 1.34 bits per heavy atom. The van der Waals surface area contributed by atoms with Gasteiger partial charge in [0.15, 0.2) is 0 Å². The summed E-state index contributed by atoms with van der Waals surface area (Å²) in [4.78, 5) is 0. The summed E-state index contributed by atoms with van der Waals surface area (Å²) < 4.78 is 6.46. The molecule has 19 rings (SSSR count). The maximum Gasteiger partial charge on any atom is 0.135 e. The minimum Gasteiger partial charge on any atom is -0.456 e. The standard InChI is InChI=1S/C90H60O/c1-89(2)78-35-19-16-27-62(78)72-49-57(40-44-80(72)89)85-66-31-13-12-30-65(66)84(58-41-45-83-73(50-58)63-28-18-21-37-82(63)91-83)69-42-38-54(47-75(69)85)55-39-43-70-76(48-55)87(74-51-59(53-22-6-5-7-23-53)46-56-24-8-9-25-60(56)74)68-33-15-14-32-67(68)86(70)77-52-81-88(64-29-11-10-26-61(64)77)71-34-17-20-36-79(71)90(81,3)4/h5-52H,1-4H3. The van der Waals surface area contributed by atoms with Crippen LogP contribution in [-0.4, -0.2) is 0 Å². The van der Waals surface area contributed by atoms with Crippen LogP contribution < -0.4 is 0 Å². The summed E-state index contributed by atoms with van der Waals surface area (Å²) in [5, 5.41) is 17.0. The predicted octanol–water partition coefficient (Wildman–Crippen LogP) is 25.1. The van der Waals surface area contributed by atoms with Gasteiger partial charge in [0.2, 0.25) is 0 Å². The molecule has 0 saturated carbocycles. The fraction of sp³-hybridized carbons (Fsp3) is 0.0667. The lowest BCUT2D eigenvalue weighted by Crippen LogP contribution is -2.15. The SMILES string of the molecule is CC1(C)c2ccccc2-c2cc(-c3c4ccccc4c(-c4ccc5oc6ccccc6c5c4)c4ccc(-c5ccc6c(-c7cc8c(c9ccccc79)-c7ccccc7C8(C)C)c7ccccc7c(-c7cc(-c8ccccc8)cc8ccccc78)c6c5)cc34)ccc21. The van der Waals surface area contributed by atoms with Crippen molar-refractivity contribution in [3.8, 4) is 89.0 Å². The molecule has 1 heterocycles. The molecule has 91 heavy (non-hydrogen) atoms. The van der Waals surface area contributed by atoms with E-state index in [-0.39, 0.29) is 10.8 Å². The lowest BCUT2D eigenvalue weighted by Gasteiger charge is -2.25. The van der Waals surface area contributed by atoms with Crippen LogP contribution in [0.2, 0.25) is 0 Å². The summed E-state index contributed by atoms with van der Waals surface area (Å²) in [6.45, 7) is 9.58. The van der Waals surface area contributed by atoms with E-state index in [2.05, 4.69) is 319 Å². The molecule has 1 heteroatoms. The number of hydrogen-bond donors (Lipinski definition) is 0. The van der Waals surface area contributed by atoms with Crippen LogP contribution in [0, 0.1) is 0 Å². The van der Waals surface area contributed by atoms with E-state index in [1.807, 2.05) is 0 Å². The molecule has 0 unspecified atom stereocenters. The van der Waals surface area contributed by atoms with Crippen LogP contribution >= 0.6 is 0 Å². The second kappa shape index (κ2) is 19.2. The van der Waals surface area contributed by atoms with Crippen molar-refractivity contribution in [2.24, 2.45) is 0 Å². The highest BCUT2D eigenvalue weighted by atomic mass is 16.3. The molecule has 16 aromatic carbocycles. The van der Waals surface area contributed by atoms with Gasteiger partial charge >= 0.3 is 0 Å². The van der Waals surface area contributed by atoms with Gasteiger partial charge in [-0.25, -0.2) is 0 Å². The van der Waals surface area contributed by atoms with Gasteiger partial charge in [0.05, 0.1) is 0 Å². The highest BCUT2D eigenvalue weighted by molar-refractivity contribution is 6.28. The molecule has 1 aromatic heterocycles. The summed E-state index contributed by atoms with van der Waals surface area (Å²) in [5.74, 6) is 0. The van der Waals surface area contributed by atoms with Crippen molar-refractivity contribution in [1.82, 2.24) is 0 Å². The summed E-state index contributed by atoms with van der Waals surface area (Å²) in [5.41, 5.74) is 26.8. The maximum atomic E-state index is 6.46. The van der Waals surface area contributed by atoms with Gasteiger partial charge in [-0.05, 0) is 231 Å². The lowest BCUT2D eigenvalue weighted by atomic mass is 9.78. The van der Waals surface area contributed by atoms with Crippen molar-refractivity contribution in [3.63, 3.8) is 0 Å². The molecular weight excluding hydrogens is 1100 g/mol. The molecule has 0 spiro atoms. The van der Waals surface area contributed by atoms with Crippen molar-refractivity contribution in [2.75, 3.05) is 0 Å². The van der Waals surface area contributed by atoms with Gasteiger partial charge in [0, 0.05) is 21.6 Å². The van der Waals surface area contributed by atoms with E-state index in [4.69, 9.17) is 4.42 Å². The Labute approximate surface area is 528 Å². The lowest BCUT2D eigenvalue weighted by molar-refractivity contribution is 0.660. The zero-order valence-corrected chi connectivity index (χ0v) is 51.1. The molecule has 0 atom stereocenters. The Bertz CT molecular complexity index is 6010. The van der Waals surface area contributed by atoms with Crippen molar-refractivity contribution < 1.29 is 4.42 Å². The van der Waals surface area contributed by atoms with Crippen LogP contribution in [-0.2, 0) is 10.8 Å². The normalized spacial score (nSPS) is 13.7. The zero-order chi connectivity index (χ0) is 60.4. The first-order valence-corrected chi connectivity index (χ1v) is 32.0. The second-order valence-electron chi connectivity index (χ2n) is 26.5. The minimum atomic E-state index is -0.207. The molecule has 0 saturated heterocycles. The second-order valence-corrected chi connectivity index (χ2v) is 26.5. The first-order chi connectivity index (χ1) is 44.7. The smallest absolute Gasteiger partial charge is 0.135 e. The van der Waals surface area contributed by atoms with Crippen LogP contribution in [0.3, 0.4) is 0 Å². The average molecular weight is 1160 g/mol. The van der Waals surface area contributed by atoms with Gasteiger partial charge in [-0.1, -0.05) is 264 Å². The first kappa shape index (κ1) is 51.9. The van der Waals surface area contributed by atoms with Gasteiger partial charge in [-0.3, -0.25) is 0 Å². The molecular formula is C90H60O. The highest BCUT2D eigenvalue weighted by Gasteiger charge is 2.38. The Morgan fingerprint density at radius 2 is 0.626 bits per heavy atom. The number of para-hydroxylation sites is 1. The van der Waals surface area contributed by atoms with Crippen molar-refractivity contribution in [2.45, 2.75) is 38.5 Å². The number of fused-ring (bicyclic) bond motifs is 16. The third kappa shape index (κ3) is 7.47. The average Bonchev–Trinajstić information content (AvgIpc) is 1.71. The van der Waals surface area contributed by atoms with E-state index in [0.717, 1.165) is 38.6 Å². The fourth-order valence-electron chi connectivity index (χ4n) is 16.7. The summed E-state index contributed by atoms with van der Waals surface area (Å²) in [6, 6.07) is 110. The molecule has 2 aliphatic rings. The van der Waals surface area contributed by atoms with E-state index in [1.54, 1.807) is 0 Å². The molecule has 1 nitrogen and oxygen atoms in total. The predicted molar refractivity (Wildman–Crippen MR) is 387 cm³/mol. The van der Waals surface area contributed by atoms with Crippen molar-refractivity contribution in [1.29, 1.82) is 0 Å². The summed E-state index contributed by atoms with van der Waals surface area (Å²) in [7, 11) is 0. The Morgan fingerprint density at radius 1 is 0.198 bits per heavy atom. The maximum absolute atomic E-state index is 6.46. The van der Waals surface area contributed by atoms with E-state index >= 15 is 0 Å². The molecule has 0 bridgehead atoms. The first-order valence-electron chi connectivity index (χ1n) is 32.0. The van der Waals surface area contributed by atoms with Crippen LogP contribution in [0.15, 0.2) is 296 Å². The van der Waals surface area contributed by atoms with E-state index < -0.39 is 0 Å². The largest absolute Gasteiger partial charge is 0.456 e. The van der Waals surface area contributed by atoms with Crippen molar-refractivity contribution in [3.05, 3.63) is 313 Å². The minimum absolute atomic E-state index is 0.118. The molecule has 426 valence electrons. The number of furan rings is 1. The molecule has 2 aliphatic carbocycles. The third-order valence-electron chi connectivity index (χ3n) is 21.0. The van der Waals surface area contributed by atoms with Gasteiger partial charge in [-0.2, -0.15) is 0 Å². The summed E-state index contributed by atoms with van der Waals surface area (Å²) in [6.07, 6.45) is 0. The zero-order valence-electron chi connectivity index (χ0n) is 51.1. The van der Waals surface area contributed by atoms with Crippen LogP contribution in [0.25, 0.3) is 176 Å². The van der Waals surface area contributed by atoms with E-state index in [0.29, 0.717) is 0 Å². The molecule has 0 radical (unpaired) electrons. The highest BCUT2D eigenvalue weighted by Crippen LogP contribution is 2.57. The van der Waals surface area contributed by atoms with Crippen LogP contribution in [0.4, 0.5) is 0 Å². The van der Waals surface area contributed by atoms with Gasteiger partial charge in [-0.15, -0.1) is 0 Å². The van der Waals surface area contributed by atoms with Gasteiger partial charge in [0.25, 0.3) is 0 Å². The Kier molecular flexibility index (Phi) is 10.9. The topological polar surface area (TPSA) is 13.1 Å². The number of hydrogen-bond acceptors (Lipinski definition) is 1. The van der Waals surface area contributed by atoms with E-state index in [1.165, 1.54) is 159 Å². The molecule has 0 aliphatic heterocycles. The quantitative estimate of drug-likeness (QED) is 0.151. The third-order valence-corrected chi connectivity index (χ3v) is 21.0. The van der Waals surface area contributed by atoms with Gasteiger partial charge < -0.3 is 4.42 Å². The summed E-state index contributed by atoms with van der Waals surface area (Å²) >= 11 is 0. The van der Waals surface area contributed by atoms with E-state index in [9.17, 15) is 0 Å². The van der Waals surface area contributed by atoms with Crippen molar-refractivity contribution >= 4 is 86.6 Å². The number of rotatable bonds is 6. The van der Waals surface area contributed by atoms with Crippen LogP contribution in [0.5, 0.6) is 0 Å². The Hall–Kier alpha value is -11.1. The molecule has 17 aromatic rings. The Balaban J connectivity index is 0.920. The molecule has 0 fully saturated rings. The van der Waals surface area contributed by atoms with Gasteiger partial charge in [0.1, 0.15) is 11.2 Å². The monoisotopic (exact) mass is 1160 g/mol. The molecule has 0 amide bonds. The fourth-order valence-corrected chi connectivity index (χ4v) is 16.7. The number of benzene rings is 16.